The largest absolute Gasteiger partial charge is 0.279 e. The summed E-state index contributed by atoms with van der Waals surface area (Å²) in [7, 11) is -3.35. The van der Waals surface area contributed by atoms with Crippen LogP contribution in [0.4, 0.5) is 0 Å². The van der Waals surface area contributed by atoms with Crippen molar-refractivity contribution in [3.8, 4) is 0 Å². The summed E-state index contributed by atoms with van der Waals surface area (Å²) in [4.78, 5) is 0. The van der Waals surface area contributed by atoms with Crippen molar-refractivity contribution in [2.24, 2.45) is 0 Å². The third-order valence-corrected chi connectivity index (χ3v) is 4.24. The van der Waals surface area contributed by atoms with Crippen molar-refractivity contribution in [2.45, 2.75) is 33.2 Å². The molecule has 1 N–H and O–H groups in total. The quantitative estimate of drug-likeness (QED) is 0.682. The van der Waals surface area contributed by atoms with Gasteiger partial charge in [-0.15, -0.1) is 11.6 Å². The van der Waals surface area contributed by atoms with E-state index in [1.165, 1.54) is 4.31 Å². The van der Waals surface area contributed by atoms with Crippen LogP contribution >= 0.6 is 11.6 Å². The van der Waals surface area contributed by atoms with Crippen LogP contribution in [0.15, 0.2) is 0 Å². The van der Waals surface area contributed by atoms with Crippen LogP contribution in [0, 0.1) is 0 Å². The number of nitrogens with zero attached hydrogens (tertiary/aromatic N) is 1. The average Bonchev–Trinajstić information content (AvgIpc) is 2.15. The van der Waals surface area contributed by atoms with Gasteiger partial charge in [0.2, 0.25) is 0 Å². The van der Waals surface area contributed by atoms with E-state index in [9.17, 15) is 8.42 Å². The van der Waals surface area contributed by atoms with Gasteiger partial charge in [0, 0.05) is 25.0 Å². The second-order valence-electron chi connectivity index (χ2n) is 2.97. The normalized spacial score (nSPS) is 14.6. The van der Waals surface area contributed by atoms with Crippen molar-refractivity contribution in [2.75, 3.05) is 19.0 Å². The van der Waals surface area contributed by atoms with E-state index >= 15 is 0 Å². The summed E-state index contributed by atoms with van der Waals surface area (Å²) < 4.78 is 27.3. The maximum Gasteiger partial charge on any atom is 0.279 e. The molecule has 1 atom stereocenters. The minimum Gasteiger partial charge on any atom is -0.198 e. The first-order valence-electron chi connectivity index (χ1n) is 4.85. The van der Waals surface area contributed by atoms with Gasteiger partial charge in [0.25, 0.3) is 10.2 Å². The summed E-state index contributed by atoms with van der Waals surface area (Å²) >= 11 is 5.62. The lowest BCUT2D eigenvalue weighted by molar-refractivity contribution is 0.427. The molecular weight excluding hydrogens is 224 g/mol. The van der Waals surface area contributed by atoms with Gasteiger partial charge >= 0.3 is 0 Å². The van der Waals surface area contributed by atoms with Crippen LogP contribution in [-0.2, 0) is 10.2 Å². The maximum absolute atomic E-state index is 11.7. The van der Waals surface area contributed by atoms with E-state index in [0.717, 1.165) is 0 Å². The lowest BCUT2D eigenvalue weighted by atomic mass is 10.3. The highest BCUT2D eigenvalue weighted by Crippen LogP contribution is 2.02. The van der Waals surface area contributed by atoms with E-state index in [4.69, 9.17) is 11.6 Å². The lowest BCUT2D eigenvalue weighted by Gasteiger charge is -2.22. The minimum atomic E-state index is -3.35. The Morgan fingerprint density at radius 1 is 1.29 bits per heavy atom. The van der Waals surface area contributed by atoms with Crippen molar-refractivity contribution in [3.63, 3.8) is 0 Å². The molecular formula is C8H19ClN2O2S. The molecule has 0 heterocycles. The third kappa shape index (κ3) is 4.13. The van der Waals surface area contributed by atoms with Gasteiger partial charge in [-0.05, 0) is 6.42 Å². The fraction of sp³-hybridized carbons (Fsp3) is 1.00. The van der Waals surface area contributed by atoms with Gasteiger partial charge in [-0.25, -0.2) is 0 Å². The molecule has 0 aromatic heterocycles. The minimum absolute atomic E-state index is 0.178. The molecule has 0 aliphatic heterocycles. The predicted octanol–water partition coefficient (Wildman–Crippen LogP) is 1.18. The molecule has 0 radical (unpaired) electrons. The van der Waals surface area contributed by atoms with Gasteiger partial charge in [0.15, 0.2) is 0 Å². The van der Waals surface area contributed by atoms with Gasteiger partial charge in [-0.2, -0.15) is 17.4 Å². The molecule has 86 valence electrons. The molecule has 1 unspecified atom stereocenters. The van der Waals surface area contributed by atoms with Crippen LogP contribution < -0.4 is 4.72 Å². The average molecular weight is 243 g/mol. The fourth-order valence-electron chi connectivity index (χ4n) is 1.07. The maximum atomic E-state index is 11.7. The standard InChI is InChI=1S/C8H19ClN2O2S/c1-4-8(7-9)10-14(12,13)11(5-2)6-3/h8,10H,4-7H2,1-3H3. The number of rotatable bonds is 7. The van der Waals surface area contributed by atoms with Crippen molar-refractivity contribution in [3.05, 3.63) is 0 Å². The zero-order valence-corrected chi connectivity index (χ0v) is 10.5. The molecule has 0 aliphatic carbocycles. The van der Waals surface area contributed by atoms with Crippen molar-refractivity contribution < 1.29 is 8.42 Å². The zero-order chi connectivity index (χ0) is 11.2. The first kappa shape index (κ1) is 14.2. The Hall–Kier alpha value is 0.160. The van der Waals surface area contributed by atoms with Gasteiger partial charge in [0.05, 0.1) is 0 Å². The molecule has 0 bridgehead atoms. The first-order chi connectivity index (χ1) is 6.51. The molecule has 0 fully saturated rings. The fourth-order valence-corrected chi connectivity index (χ4v) is 2.96. The molecule has 4 nitrogen and oxygen atoms in total. The number of hydrogen-bond donors (Lipinski definition) is 1. The third-order valence-electron chi connectivity index (χ3n) is 2.04. The molecule has 0 spiro atoms. The van der Waals surface area contributed by atoms with Crippen LogP contribution in [0.25, 0.3) is 0 Å². The molecule has 6 heteroatoms. The summed E-state index contributed by atoms with van der Waals surface area (Å²) in [5.41, 5.74) is 0. The van der Waals surface area contributed by atoms with Gasteiger partial charge in [-0.3, -0.25) is 0 Å². The Bertz CT molecular complexity index is 236. The van der Waals surface area contributed by atoms with Crippen LogP contribution in [0.2, 0.25) is 0 Å². The number of nitrogens with one attached hydrogen (secondary N) is 1. The van der Waals surface area contributed by atoms with E-state index < -0.39 is 10.2 Å². The molecule has 0 saturated carbocycles. The summed E-state index contributed by atoms with van der Waals surface area (Å²) in [6, 6.07) is -0.178. The van der Waals surface area contributed by atoms with Crippen LogP contribution in [0.3, 0.4) is 0 Å². The zero-order valence-electron chi connectivity index (χ0n) is 8.96. The van der Waals surface area contributed by atoms with Crippen LogP contribution in [0.1, 0.15) is 27.2 Å². The molecule has 14 heavy (non-hydrogen) atoms. The van der Waals surface area contributed by atoms with Crippen molar-refractivity contribution >= 4 is 21.8 Å². The van der Waals surface area contributed by atoms with Gasteiger partial charge in [-0.1, -0.05) is 20.8 Å². The second-order valence-corrected chi connectivity index (χ2v) is 4.98. The monoisotopic (exact) mass is 242 g/mol. The SMILES string of the molecule is CCC(CCl)NS(=O)(=O)N(CC)CC. The number of halogens is 1. The summed E-state index contributed by atoms with van der Waals surface area (Å²) in [5, 5.41) is 0. The molecule has 0 rings (SSSR count). The number of alkyl halides is 1. The molecule has 0 amide bonds. The molecule has 0 aliphatic rings. The Balaban J connectivity index is 4.46. The van der Waals surface area contributed by atoms with E-state index in [2.05, 4.69) is 4.72 Å². The Kier molecular flexibility index (Phi) is 6.68. The van der Waals surface area contributed by atoms with Gasteiger partial charge in [0.1, 0.15) is 0 Å². The summed E-state index contributed by atoms with van der Waals surface area (Å²) in [6.07, 6.45) is 0.698. The van der Waals surface area contributed by atoms with Crippen LogP contribution in [0.5, 0.6) is 0 Å². The van der Waals surface area contributed by atoms with E-state index in [-0.39, 0.29) is 6.04 Å². The molecule has 0 aromatic rings. The van der Waals surface area contributed by atoms with E-state index in [0.29, 0.717) is 25.4 Å². The first-order valence-corrected chi connectivity index (χ1v) is 6.82. The smallest absolute Gasteiger partial charge is 0.198 e. The number of hydrogen-bond acceptors (Lipinski definition) is 2. The highest BCUT2D eigenvalue weighted by molar-refractivity contribution is 7.87. The molecule has 0 aromatic carbocycles. The van der Waals surface area contributed by atoms with Gasteiger partial charge < -0.3 is 0 Å². The Morgan fingerprint density at radius 3 is 2.07 bits per heavy atom. The van der Waals surface area contributed by atoms with Crippen LogP contribution in [-0.4, -0.2) is 37.7 Å². The summed E-state index contributed by atoms with van der Waals surface area (Å²) in [6.45, 7) is 6.47. The van der Waals surface area contributed by atoms with E-state index in [1.807, 2.05) is 20.8 Å². The Morgan fingerprint density at radius 2 is 1.79 bits per heavy atom. The van der Waals surface area contributed by atoms with Crippen molar-refractivity contribution in [1.29, 1.82) is 0 Å². The second kappa shape index (κ2) is 6.61. The highest BCUT2D eigenvalue weighted by atomic mass is 35.5. The highest BCUT2D eigenvalue weighted by Gasteiger charge is 2.21. The summed E-state index contributed by atoms with van der Waals surface area (Å²) in [5.74, 6) is 0.303. The predicted molar refractivity (Wildman–Crippen MR) is 59.8 cm³/mol. The topological polar surface area (TPSA) is 49.4 Å². The van der Waals surface area contributed by atoms with Crippen molar-refractivity contribution in [1.82, 2.24) is 9.03 Å². The molecule has 0 saturated heterocycles. The lowest BCUT2D eigenvalue weighted by Crippen LogP contribution is -2.45. The Labute approximate surface area is 91.8 Å². The van der Waals surface area contributed by atoms with E-state index in [1.54, 1.807) is 0 Å².